The van der Waals surface area contributed by atoms with Gasteiger partial charge in [-0.15, -0.1) is 0 Å². The highest BCUT2D eigenvalue weighted by Gasteiger charge is 2.26. The summed E-state index contributed by atoms with van der Waals surface area (Å²) in [5, 5.41) is 0. The zero-order chi connectivity index (χ0) is 53.1. The number of phosphoric ester groups is 1. The zero-order valence-electron chi connectivity index (χ0n) is 46.1. The fraction of sp³-hybridized carbons (Fsp3) is 0.619. The largest absolute Gasteiger partial charge is 0.472 e. The first-order valence-electron chi connectivity index (χ1n) is 28.7. The average Bonchev–Trinajstić information content (AvgIpc) is 3.38. The summed E-state index contributed by atoms with van der Waals surface area (Å²) in [6.45, 7) is 3.44. The Kier molecular flexibility index (Phi) is 54.4. The Hall–Kier alpha value is -3.85. The predicted molar refractivity (Wildman–Crippen MR) is 311 cm³/mol. The number of carbonyl (C=O) groups is 2. The molecule has 0 spiro atoms. The number of carbonyl (C=O) groups excluding carboxylic acids is 2. The van der Waals surface area contributed by atoms with Gasteiger partial charge in [0.25, 0.3) is 0 Å². The second kappa shape index (κ2) is 57.4. The molecule has 0 bridgehead atoms. The quantitative estimate of drug-likeness (QED) is 0.0264. The lowest BCUT2D eigenvalue weighted by molar-refractivity contribution is -0.161. The number of ether oxygens (including phenoxy) is 2. The molecule has 0 radical (unpaired) electrons. The van der Waals surface area contributed by atoms with E-state index < -0.39 is 32.5 Å². The highest BCUT2D eigenvalue weighted by Crippen LogP contribution is 2.43. The molecule has 0 heterocycles. The van der Waals surface area contributed by atoms with Crippen LogP contribution in [0.5, 0.6) is 0 Å². The summed E-state index contributed by atoms with van der Waals surface area (Å²) in [7, 11) is -4.41. The molecular formula is C63H104NO8P. The molecule has 9 nitrogen and oxygen atoms in total. The van der Waals surface area contributed by atoms with Gasteiger partial charge < -0.3 is 20.1 Å². The second-order valence-electron chi connectivity index (χ2n) is 18.4. The maximum Gasteiger partial charge on any atom is 0.472 e. The predicted octanol–water partition coefficient (Wildman–Crippen LogP) is 18.2. The summed E-state index contributed by atoms with van der Waals surface area (Å²) in [6.07, 6.45) is 81.0. The van der Waals surface area contributed by atoms with Crippen LogP contribution in [0.3, 0.4) is 0 Å². The minimum absolute atomic E-state index is 0.0400. The first-order chi connectivity index (χ1) is 35.8. The molecule has 0 aliphatic carbocycles. The summed E-state index contributed by atoms with van der Waals surface area (Å²) in [4.78, 5) is 35.1. The number of phosphoric acid groups is 1. The van der Waals surface area contributed by atoms with E-state index in [1.54, 1.807) is 0 Å². The van der Waals surface area contributed by atoms with E-state index in [1.807, 2.05) is 6.08 Å². The summed E-state index contributed by atoms with van der Waals surface area (Å²) in [5.74, 6) is -0.902. The Morgan fingerprint density at radius 2 is 0.726 bits per heavy atom. The van der Waals surface area contributed by atoms with E-state index in [9.17, 15) is 19.0 Å². The van der Waals surface area contributed by atoms with Crippen molar-refractivity contribution in [2.24, 2.45) is 5.73 Å². The van der Waals surface area contributed by atoms with E-state index in [4.69, 9.17) is 24.3 Å². The molecule has 0 aliphatic rings. The Balaban J connectivity index is 3.98. The fourth-order valence-electron chi connectivity index (χ4n) is 7.38. The first kappa shape index (κ1) is 69.2. The molecular weight excluding hydrogens is 930 g/mol. The third-order valence-corrected chi connectivity index (χ3v) is 12.5. The number of hydrogen-bond acceptors (Lipinski definition) is 8. The van der Waals surface area contributed by atoms with Crippen molar-refractivity contribution in [2.45, 2.75) is 225 Å². The van der Waals surface area contributed by atoms with Gasteiger partial charge in [0, 0.05) is 19.4 Å². The van der Waals surface area contributed by atoms with E-state index in [0.29, 0.717) is 12.8 Å². The lowest BCUT2D eigenvalue weighted by Crippen LogP contribution is -2.29. The van der Waals surface area contributed by atoms with Crippen molar-refractivity contribution < 1.29 is 37.6 Å². The second-order valence-corrected chi connectivity index (χ2v) is 19.8. The molecule has 0 aromatic rings. The highest BCUT2D eigenvalue weighted by atomic mass is 31.2. The van der Waals surface area contributed by atoms with Crippen molar-refractivity contribution in [1.29, 1.82) is 0 Å². The van der Waals surface area contributed by atoms with E-state index in [-0.39, 0.29) is 32.6 Å². The van der Waals surface area contributed by atoms with Crippen molar-refractivity contribution in [3.05, 3.63) is 134 Å². The molecule has 0 saturated heterocycles. The maximum atomic E-state index is 12.7. The van der Waals surface area contributed by atoms with E-state index in [0.717, 1.165) is 96.3 Å². The summed E-state index contributed by atoms with van der Waals surface area (Å²) < 4.78 is 32.9. The molecule has 10 heteroatoms. The van der Waals surface area contributed by atoms with Gasteiger partial charge in [-0.1, -0.05) is 237 Å². The molecule has 0 aliphatic heterocycles. The Labute approximate surface area is 446 Å². The number of unbranched alkanes of at least 4 members (excludes halogenated alkanes) is 17. The zero-order valence-corrected chi connectivity index (χ0v) is 47.0. The number of nitrogens with two attached hydrogens (primary N) is 1. The number of allylic oxidation sites excluding steroid dienone is 22. The molecule has 2 atom stereocenters. The minimum Gasteiger partial charge on any atom is -0.462 e. The molecule has 0 fully saturated rings. The molecule has 2 unspecified atom stereocenters. The Morgan fingerprint density at radius 3 is 1.10 bits per heavy atom. The Bertz CT molecular complexity index is 1650. The SMILES string of the molecule is CC/C=C\C/C=C\C/C=C\C/C=C\C/C=C\C/C=C\CCCCCCCCCCCCCCCCCCC(=O)OC(COC(=O)CCC/C=C\C/C=C\C/C=C\C/C=C\C/C=C\CC)COP(=O)(O)OCCN. The van der Waals surface area contributed by atoms with Gasteiger partial charge in [0.05, 0.1) is 13.2 Å². The van der Waals surface area contributed by atoms with Crippen LogP contribution in [-0.2, 0) is 32.7 Å². The van der Waals surface area contributed by atoms with Crippen molar-refractivity contribution in [2.75, 3.05) is 26.4 Å². The molecule has 73 heavy (non-hydrogen) atoms. The van der Waals surface area contributed by atoms with Gasteiger partial charge in [0.15, 0.2) is 6.10 Å². The maximum absolute atomic E-state index is 12.7. The van der Waals surface area contributed by atoms with Crippen molar-refractivity contribution in [3.8, 4) is 0 Å². The average molecular weight is 1030 g/mol. The summed E-state index contributed by atoms with van der Waals surface area (Å²) in [5.41, 5.74) is 5.37. The first-order valence-corrected chi connectivity index (χ1v) is 30.2. The minimum atomic E-state index is -4.41. The Morgan fingerprint density at radius 1 is 0.411 bits per heavy atom. The van der Waals surface area contributed by atoms with E-state index in [1.165, 1.54) is 83.5 Å². The van der Waals surface area contributed by atoms with Crippen LogP contribution in [0.4, 0.5) is 0 Å². The molecule has 414 valence electrons. The van der Waals surface area contributed by atoms with Crippen LogP contribution in [0.25, 0.3) is 0 Å². The van der Waals surface area contributed by atoms with Crippen LogP contribution in [0.15, 0.2) is 134 Å². The highest BCUT2D eigenvalue weighted by molar-refractivity contribution is 7.47. The number of rotatable bonds is 52. The molecule has 0 rings (SSSR count). The molecule has 0 saturated carbocycles. The third kappa shape index (κ3) is 57.3. The lowest BCUT2D eigenvalue weighted by Gasteiger charge is -2.19. The summed E-state index contributed by atoms with van der Waals surface area (Å²) in [6, 6.07) is 0. The molecule has 3 N–H and O–H groups in total. The van der Waals surface area contributed by atoms with Crippen LogP contribution in [0, 0.1) is 0 Å². The fourth-order valence-corrected chi connectivity index (χ4v) is 8.15. The van der Waals surface area contributed by atoms with E-state index in [2.05, 4.69) is 141 Å². The van der Waals surface area contributed by atoms with Crippen molar-refractivity contribution in [3.63, 3.8) is 0 Å². The van der Waals surface area contributed by atoms with Gasteiger partial charge in [-0.3, -0.25) is 18.6 Å². The molecule has 0 aromatic heterocycles. The normalized spacial score (nSPS) is 14.1. The molecule has 0 amide bonds. The lowest BCUT2D eigenvalue weighted by atomic mass is 10.0. The van der Waals surface area contributed by atoms with Crippen LogP contribution < -0.4 is 5.73 Å². The summed E-state index contributed by atoms with van der Waals surface area (Å²) >= 11 is 0. The van der Waals surface area contributed by atoms with Crippen LogP contribution in [0.1, 0.15) is 219 Å². The smallest absolute Gasteiger partial charge is 0.462 e. The van der Waals surface area contributed by atoms with Crippen LogP contribution in [0.2, 0.25) is 0 Å². The van der Waals surface area contributed by atoms with Crippen molar-refractivity contribution in [1.82, 2.24) is 0 Å². The van der Waals surface area contributed by atoms with Gasteiger partial charge >= 0.3 is 19.8 Å². The van der Waals surface area contributed by atoms with Gasteiger partial charge in [-0.05, 0) is 103 Å². The van der Waals surface area contributed by atoms with Gasteiger partial charge in [0.2, 0.25) is 0 Å². The van der Waals surface area contributed by atoms with Crippen LogP contribution in [-0.4, -0.2) is 49.3 Å². The standard InChI is InChI=1S/C63H104NO8P/c1-3-5-7-9-11-13-15-17-19-21-22-23-24-25-26-27-28-29-30-31-32-33-34-35-36-37-38-40-42-44-46-48-50-52-54-56-63(66)72-61(60-71-73(67,68)70-58-57-64)59-69-62(65)55-53-51-49-47-45-43-41-39-20-18-16-14-12-10-8-6-4-2/h5-8,11-14,17-20,22-23,25-26,28-29,41,43,47,49,61H,3-4,9-10,15-16,21,24,27,30-40,42,44-46,48,50-60,64H2,1-2H3,(H,67,68)/b7-5-,8-6-,13-11-,14-12-,19-17-,20-18-,23-22-,26-25-,29-28-,43-41-,49-47-. The molecule has 0 aromatic carbocycles. The van der Waals surface area contributed by atoms with Gasteiger partial charge in [0.1, 0.15) is 6.61 Å². The number of hydrogen-bond donors (Lipinski definition) is 2. The van der Waals surface area contributed by atoms with Gasteiger partial charge in [-0.2, -0.15) is 0 Å². The third-order valence-electron chi connectivity index (χ3n) is 11.5. The van der Waals surface area contributed by atoms with Crippen LogP contribution >= 0.6 is 7.82 Å². The monoisotopic (exact) mass is 1030 g/mol. The topological polar surface area (TPSA) is 134 Å². The van der Waals surface area contributed by atoms with Gasteiger partial charge in [-0.25, -0.2) is 4.57 Å². The van der Waals surface area contributed by atoms with E-state index >= 15 is 0 Å². The number of esters is 2. The van der Waals surface area contributed by atoms with Crippen molar-refractivity contribution >= 4 is 19.8 Å².